The van der Waals surface area contributed by atoms with Crippen molar-refractivity contribution < 1.29 is 17.9 Å². The molecule has 20 heavy (non-hydrogen) atoms. The molecule has 0 atom stereocenters. The first-order valence-electron chi connectivity index (χ1n) is 5.52. The summed E-state index contributed by atoms with van der Waals surface area (Å²) >= 11 is 5.59. The van der Waals surface area contributed by atoms with E-state index in [9.17, 15) is 13.2 Å². The van der Waals surface area contributed by atoms with E-state index in [1.54, 1.807) is 0 Å². The normalized spacial score (nSPS) is 10.7. The molecule has 0 aliphatic carbocycles. The average molecular weight is 303 g/mol. The van der Waals surface area contributed by atoms with Gasteiger partial charge in [-0.15, -0.1) is 0 Å². The summed E-state index contributed by atoms with van der Waals surface area (Å²) in [5.41, 5.74) is 6.83. The van der Waals surface area contributed by atoms with E-state index in [-0.39, 0.29) is 16.5 Å². The Kier molecular flexibility index (Phi) is 4.24. The van der Waals surface area contributed by atoms with Gasteiger partial charge in [-0.25, -0.2) is 4.39 Å². The van der Waals surface area contributed by atoms with Crippen molar-refractivity contribution in [1.82, 2.24) is 0 Å². The van der Waals surface area contributed by atoms with Crippen molar-refractivity contribution in [3.8, 4) is 5.75 Å². The van der Waals surface area contributed by atoms with Crippen LogP contribution in [0.4, 0.5) is 30.2 Å². The standard InChI is InChI=1S/C13H10ClF3N2O/c14-9-5-11(18)12(6-10(9)15)19-7-1-3-8(4-2-7)20-13(16)17/h1-6,13,19H,18H2. The van der Waals surface area contributed by atoms with E-state index in [2.05, 4.69) is 10.1 Å². The molecule has 0 heterocycles. The van der Waals surface area contributed by atoms with Crippen LogP contribution in [-0.2, 0) is 0 Å². The van der Waals surface area contributed by atoms with Crippen LogP contribution >= 0.6 is 11.6 Å². The van der Waals surface area contributed by atoms with Gasteiger partial charge in [0.15, 0.2) is 0 Å². The van der Waals surface area contributed by atoms with E-state index in [4.69, 9.17) is 17.3 Å². The zero-order valence-electron chi connectivity index (χ0n) is 10.0. The Hall–Kier alpha value is -2.08. The Labute approximate surface area is 118 Å². The zero-order chi connectivity index (χ0) is 14.7. The number of halogens is 4. The Morgan fingerprint density at radius 2 is 1.80 bits per heavy atom. The molecular formula is C13H10ClF3N2O. The second kappa shape index (κ2) is 5.92. The molecule has 0 aliphatic heterocycles. The lowest BCUT2D eigenvalue weighted by molar-refractivity contribution is -0.0498. The fraction of sp³-hybridized carbons (Fsp3) is 0.0769. The van der Waals surface area contributed by atoms with E-state index < -0.39 is 12.4 Å². The molecule has 3 nitrogen and oxygen atoms in total. The third-order valence-corrected chi connectivity index (χ3v) is 2.74. The number of benzene rings is 2. The predicted octanol–water partition coefficient (Wildman–Crippen LogP) is 4.41. The quantitative estimate of drug-likeness (QED) is 0.823. The zero-order valence-corrected chi connectivity index (χ0v) is 10.8. The molecule has 0 unspecified atom stereocenters. The molecule has 0 spiro atoms. The molecule has 0 aliphatic rings. The number of ether oxygens (including phenoxy) is 1. The summed E-state index contributed by atoms with van der Waals surface area (Å²) in [7, 11) is 0. The molecule has 2 aromatic carbocycles. The largest absolute Gasteiger partial charge is 0.435 e. The molecule has 0 bridgehead atoms. The number of hydrogen-bond acceptors (Lipinski definition) is 3. The monoisotopic (exact) mass is 302 g/mol. The minimum Gasteiger partial charge on any atom is -0.435 e. The molecule has 0 aromatic heterocycles. The number of nitrogens with one attached hydrogen (secondary N) is 1. The number of alkyl halides is 2. The van der Waals surface area contributed by atoms with Gasteiger partial charge in [0, 0.05) is 11.8 Å². The maximum Gasteiger partial charge on any atom is 0.387 e. The van der Waals surface area contributed by atoms with Gasteiger partial charge >= 0.3 is 6.61 Å². The molecule has 0 amide bonds. The van der Waals surface area contributed by atoms with E-state index >= 15 is 0 Å². The molecular weight excluding hydrogens is 293 g/mol. The van der Waals surface area contributed by atoms with Gasteiger partial charge in [0.2, 0.25) is 0 Å². The highest BCUT2D eigenvalue weighted by atomic mass is 35.5. The summed E-state index contributed by atoms with van der Waals surface area (Å²) in [5.74, 6) is -0.582. The summed E-state index contributed by atoms with van der Waals surface area (Å²) in [6, 6.07) is 8.16. The summed E-state index contributed by atoms with van der Waals surface area (Å²) < 4.78 is 41.5. The fourth-order valence-electron chi connectivity index (χ4n) is 1.55. The predicted molar refractivity (Wildman–Crippen MR) is 72.2 cm³/mol. The van der Waals surface area contributed by atoms with Gasteiger partial charge < -0.3 is 15.8 Å². The highest BCUT2D eigenvalue weighted by molar-refractivity contribution is 6.31. The Morgan fingerprint density at radius 3 is 2.40 bits per heavy atom. The molecule has 2 aromatic rings. The smallest absolute Gasteiger partial charge is 0.387 e. The molecule has 0 saturated heterocycles. The summed E-state index contributed by atoms with van der Waals surface area (Å²) in [5, 5.41) is 2.78. The molecule has 106 valence electrons. The highest BCUT2D eigenvalue weighted by Gasteiger charge is 2.07. The topological polar surface area (TPSA) is 47.3 Å². The van der Waals surface area contributed by atoms with Crippen LogP contribution in [0.5, 0.6) is 5.75 Å². The van der Waals surface area contributed by atoms with Crippen LogP contribution in [0.2, 0.25) is 5.02 Å². The highest BCUT2D eigenvalue weighted by Crippen LogP contribution is 2.29. The SMILES string of the molecule is Nc1cc(Cl)c(F)cc1Nc1ccc(OC(F)F)cc1. The number of nitrogen functional groups attached to an aromatic ring is 1. The number of hydrogen-bond donors (Lipinski definition) is 2. The van der Waals surface area contributed by atoms with Crippen LogP contribution in [0, 0.1) is 5.82 Å². The lowest BCUT2D eigenvalue weighted by Gasteiger charge is -2.11. The lowest BCUT2D eigenvalue weighted by Crippen LogP contribution is -2.02. The van der Waals surface area contributed by atoms with E-state index in [0.29, 0.717) is 11.4 Å². The summed E-state index contributed by atoms with van der Waals surface area (Å²) in [6.45, 7) is -2.88. The third-order valence-electron chi connectivity index (χ3n) is 2.45. The Balaban J connectivity index is 2.16. The van der Waals surface area contributed by atoms with E-state index in [0.717, 1.165) is 6.07 Å². The van der Waals surface area contributed by atoms with Crippen LogP contribution in [0.1, 0.15) is 0 Å². The minimum atomic E-state index is -2.88. The summed E-state index contributed by atoms with van der Waals surface area (Å²) in [6.07, 6.45) is 0. The molecule has 0 fully saturated rings. The van der Waals surface area contributed by atoms with Gasteiger partial charge in [0.1, 0.15) is 11.6 Å². The number of nitrogens with two attached hydrogens (primary N) is 1. The summed E-state index contributed by atoms with van der Waals surface area (Å²) in [4.78, 5) is 0. The van der Waals surface area contributed by atoms with Gasteiger partial charge in [-0.3, -0.25) is 0 Å². The first kappa shape index (κ1) is 14.3. The number of anilines is 3. The van der Waals surface area contributed by atoms with Gasteiger partial charge in [0.25, 0.3) is 0 Å². The number of rotatable bonds is 4. The second-order valence-electron chi connectivity index (χ2n) is 3.88. The molecule has 3 N–H and O–H groups in total. The molecule has 7 heteroatoms. The van der Waals surface area contributed by atoms with Crippen molar-refractivity contribution in [2.24, 2.45) is 0 Å². The maximum atomic E-state index is 13.3. The van der Waals surface area contributed by atoms with E-state index in [1.165, 1.54) is 30.3 Å². The second-order valence-corrected chi connectivity index (χ2v) is 4.29. The van der Waals surface area contributed by atoms with Crippen molar-refractivity contribution in [2.75, 3.05) is 11.1 Å². The van der Waals surface area contributed by atoms with Gasteiger partial charge in [-0.1, -0.05) is 11.6 Å². The first-order valence-corrected chi connectivity index (χ1v) is 5.90. The third kappa shape index (κ3) is 3.48. The van der Waals surface area contributed by atoms with Gasteiger partial charge in [-0.05, 0) is 30.3 Å². The lowest BCUT2D eigenvalue weighted by atomic mass is 10.2. The maximum absolute atomic E-state index is 13.3. The van der Waals surface area contributed by atoms with Crippen LogP contribution in [0.15, 0.2) is 36.4 Å². The van der Waals surface area contributed by atoms with Crippen LogP contribution in [0.3, 0.4) is 0 Å². The average Bonchev–Trinajstić information content (AvgIpc) is 2.37. The van der Waals surface area contributed by atoms with Crippen molar-refractivity contribution >= 4 is 28.7 Å². The van der Waals surface area contributed by atoms with Crippen molar-refractivity contribution in [3.63, 3.8) is 0 Å². The molecule has 2 rings (SSSR count). The van der Waals surface area contributed by atoms with Crippen molar-refractivity contribution in [3.05, 3.63) is 47.2 Å². The van der Waals surface area contributed by atoms with E-state index in [1.807, 2.05) is 0 Å². The fourth-order valence-corrected chi connectivity index (χ4v) is 1.72. The minimum absolute atomic E-state index is 0.0285. The van der Waals surface area contributed by atoms with Crippen molar-refractivity contribution in [1.29, 1.82) is 0 Å². The van der Waals surface area contributed by atoms with Gasteiger partial charge in [0.05, 0.1) is 16.4 Å². The Bertz CT molecular complexity index is 605. The first-order chi connectivity index (χ1) is 9.45. The molecule has 0 radical (unpaired) electrons. The van der Waals surface area contributed by atoms with Crippen molar-refractivity contribution in [2.45, 2.75) is 6.61 Å². The van der Waals surface area contributed by atoms with Gasteiger partial charge in [-0.2, -0.15) is 8.78 Å². The van der Waals surface area contributed by atoms with Crippen LogP contribution < -0.4 is 15.8 Å². The van der Waals surface area contributed by atoms with Crippen LogP contribution in [0.25, 0.3) is 0 Å². The van der Waals surface area contributed by atoms with Crippen LogP contribution in [-0.4, -0.2) is 6.61 Å². The Morgan fingerprint density at radius 1 is 1.15 bits per heavy atom. The molecule has 0 saturated carbocycles.